The van der Waals surface area contributed by atoms with Gasteiger partial charge in [-0.1, -0.05) is 96.7 Å². The monoisotopic (exact) mass is 512 g/mol. The Labute approximate surface area is 227 Å². The van der Waals surface area contributed by atoms with Crippen molar-refractivity contribution < 1.29 is 10.2 Å². The van der Waals surface area contributed by atoms with Gasteiger partial charge in [-0.3, -0.25) is 0 Å². The number of hydrogen-bond acceptors (Lipinski definition) is 3. The quantitative estimate of drug-likeness (QED) is 0.226. The van der Waals surface area contributed by atoms with Crippen LogP contribution in [0.25, 0.3) is 21.5 Å². The van der Waals surface area contributed by atoms with Gasteiger partial charge in [0.25, 0.3) is 0 Å². The SMILES string of the molecule is Cc1cc(Sc2ccc(O)cc2)cc(C(C)(c2cccc3ccccc23)c2cccc3ccccc23)c1O. The van der Waals surface area contributed by atoms with Gasteiger partial charge < -0.3 is 10.2 Å². The summed E-state index contributed by atoms with van der Waals surface area (Å²) in [4.78, 5) is 2.06. The zero-order valence-electron chi connectivity index (χ0n) is 21.3. The molecule has 0 aliphatic rings. The van der Waals surface area contributed by atoms with Crippen LogP contribution < -0.4 is 0 Å². The lowest BCUT2D eigenvalue weighted by atomic mass is 9.68. The minimum atomic E-state index is -0.651. The summed E-state index contributed by atoms with van der Waals surface area (Å²) in [5, 5.41) is 26.1. The summed E-state index contributed by atoms with van der Waals surface area (Å²) in [7, 11) is 0. The van der Waals surface area contributed by atoms with Crippen LogP contribution in [0.4, 0.5) is 0 Å². The maximum absolute atomic E-state index is 11.7. The van der Waals surface area contributed by atoms with Crippen LogP contribution in [-0.2, 0) is 5.41 Å². The highest BCUT2D eigenvalue weighted by Crippen LogP contribution is 2.49. The lowest BCUT2D eigenvalue weighted by Gasteiger charge is -2.35. The molecule has 0 bridgehead atoms. The minimum Gasteiger partial charge on any atom is -0.508 e. The van der Waals surface area contributed by atoms with Gasteiger partial charge in [-0.15, -0.1) is 0 Å². The van der Waals surface area contributed by atoms with Gasteiger partial charge >= 0.3 is 0 Å². The molecule has 3 heteroatoms. The van der Waals surface area contributed by atoms with Crippen molar-refractivity contribution in [3.8, 4) is 11.5 Å². The Morgan fingerprint density at radius 2 is 1.08 bits per heavy atom. The van der Waals surface area contributed by atoms with Gasteiger partial charge in [0.05, 0.1) is 0 Å². The van der Waals surface area contributed by atoms with Crippen LogP contribution in [0.1, 0.15) is 29.2 Å². The number of benzene rings is 6. The molecule has 0 saturated heterocycles. The van der Waals surface area contributed by atoms with Crippen LogP contribution in [0.5, 0.6) is 11.5 Å². The number of rotatable bonds is 5. The predicted molar refractivity (Wildman–Crippen MR) is 159 cm³/mol. The average molecular weight is 513 g/mol. The highest BCUT2D eigenvalue weighted by molar-refractivity contribution is 7.99. The minimum absolute atomic E-state index is 0.247. The van der Waals surface area contributed by atoms with E-state index in [-0.39, 0.29) is 5.75 Å². The second kappa shape index (κ2) is 9.59. The number of aryl methyl sites for hydroxylation is 1. The van der Waals surface area contributed by atoms with Crippen LogP contribution in [-0.4, -0.2) is 10.2 Å². The normalized spacial score (nSPS) is 11.7. The third-order valence-corrected chi connectivity index (χ3v) is 8.52. The van der Waals surface area contributed by atoms with Crippen molar-refractivity contribution >= 4 is 33.3 Å². The standard InChI is InChI=1S/C35H28O2S/c1-23-21-28(38-27-19-17-26(36)18-20-27)22-33(34(23)37)35(2,31-15-7-11-24-9-3-5-13-29(24)31)32-16-8-12-25-10-4-6-14-30(25)32/h3-22,36-37H,1-2H3. The molecule has 0 amide bonds. The second-order valence-electron chi connectivity index (χ2n) is 9.91. The Bertz CT molecular complexity index is 1700. The third kappa shape index (κ3) is 4.09. The van der Waals surface area contributed by atoms with Crippen LogP contribution in [0.15, 0.2) is 131 Å². The first kappa shape index (κ1) is 24.1. The van der Waals surface area contributed by atoms with Crippen molar-refractivity contribution in [2.75, 3.05) is 0 Å². The van der Waals surface area contributed by atoms with E-state index >= 15 is 0 Å². The first-order chi connectivity index (χ1) is 18.4. The summed E-state index contributed by atoms with van der Waals surface area (Å²) in [6, 6.07) is 41.2. The summed E-state index contributed by atoms with van der Waals surface area (Å²) in [5.41, 5.74) is 3.34. The molecule has 2 N–H and O–H groups in total. The predicted octanol–water partition coefficient (Wildman–Crippen LogP) is 9.22. The fraction of sp³-hybridized carbons (Fsp3) is 0.0857. The molecule has 0 radical (unpaired) electrons. The van der Waals surface area contributed by atoms with Gasteiger partial charge in [0.15, 0.2) is 0 Å². The van der Waals surface area contributed by atoms with Gasteiger partial charge in [0, 0.05) is 20.8 Å². The van der Waals surface area contributed by atoms with Crippen molar-refractivity contribution in [3.05, 3.63) is 144 Å². The van der Waals surface area contributed by atoms with Gasteiger partial charge in [0.1, 0.15) is 11.5 Å². The van der Waals surface area contributed by atoms with Crippen molar-refractivity contribution in [2.45, 2.75) is 29.1 Å². The van der Waals surface area contributed by atoms with E-state index in [1.165, 1.54) is 21.5 Å². The van der Waals surface area contributed by atoms with Crippen molar-refractivity contribution in [1.82, 2.24) is 0 Å². The Morgan fingerprint density at radius 1 is 0.553 bits per heavy atom. The number of fused-ring (bicyclic) bond motifs is 2. The summed E-state index contributed by atoms with van der Waals surface area (Å²) < 4.78 is 0. The number of aromatic hydroxyl groups is 2. The maximum Gasteiger partial charge on any atom is 0.122 e. The zero-order valence-corrected chi connectivity index (χ0v) is 22.2. The molecule has 186 valence electrons. The second-order valence-corrected chi connectivity index (χ2v) is 11.1. The molecular weight excluding hydrogens is 484 g/mol. The molecular formula is C35H28O2S. The van der Waals surface area contributed by atoms with Crippen molar-refractivity contribution in [1.29, 1.82) is 0 Å². The summed E-state index contributed by atoms with van der Waals surface area (Å²) in [5.74, 6) is 0.555. The summed E-state index contributed by atoms with van der Waals surface area (Å²) in [6.45, 7) is 4.20. The maximum atomic E-state index is 11.7. The Hall–Kier alpha value is -4.21. The van der Waals surface area contributed by atoms with Crippen molar-refractivity contribution in [3.63, 3.8) is 0 Å². The fourth-order valence-electron chi connectivity index (χ4n) is 5.59. The van der Waals surface area contributed by atoms with E-state index in [1.54, 1.807) is 23.9 Å². The van der Waals surface area contributed by atoms with E-state index in [2.05, 4.69) is 97.9 Å². The summed E-state index contributed by atoms with van der Waals surface area (Å²) >= 11 is 1.62. The molecule has 38 heavy (non-hydrogen) atoms. The Balaban J connectivity index is 1.66. The van der Waals surface area contributed by atoms with Gasteiger partial charge in [-0.2, -0.15) is 0 Å². The van der Waals surface area contributed by atoms with E-state index in [0.29, 0.717) is 5.75 Å². The highest BCUT2D eigenvalue weighted by atomic mass is 32.2. The molecule has 0 fully saturated rings. The molecule has 0 atom stereocenters. The number of phenolic OH excluding ortho intramolecular Hbond substituents is 2. The first-order valence-corrected chi connectivity index (χ1v) is 13.5. The molecule has 6 aromatic carbocycles. The van der Waals surface area contributed by atoms with Gasteiger partial charge in [-0.05, 0) is 88.5 Å². The molecule has 0 aliphatic heterocycles. The Morgan fingerprint density at radius 3 is 1.66 bits per heavy atom. The summed E-state index contributed by atoms with van der Waals surface area (Å²) in [6.07, 6.45) is 0. The molecule has 2 nitrogen and oxygen atoms in total. The molecule has 0 aromatic heterocycles. The molecule has 6 rings (SSSR count). The zero-order chi connectivity index (χ0) is 26.3. The smallest absolute Gasteiger partial charge is 0.122 e. The average Bonchev–Trinajstić information content (AvgIpc) is 2.95. The number of phenols is 2. The largest absolute Gasteiger partial charge is 0.508 e. The van der Waals surface area contributed by atoms with E-state index in [1.807, 2.05) is 25.1 Å². The molecule has 6 aromatic rings. The van der Waals surface area contributed by atoms with E-state index < -0.39 is 5.41 Å². The Kier molecular flexibility index (Phi) is 6.09. The molecule has 0 spiro atoms. The lowest BCUT2D eigenvalue weighted by Crippen LogP contribution is -2.26. The van der Waals surface area contributed by atoms with Gasteiger partial charge in [-0.25, -0.2) is 0 Å². The third-order valence-electron chi connectivity index (χ3n) is 7.54. The molecule has 0 heterocycles. The topological polar surface area (TPSA) is 40.5 Å². The van der Waals surface area contributed by atoms with E-state index in [0.717, 1.165) is 32.0 Å². The molecule has 0 aliphatic carbocycles. The van der Waals surface area contributed by atoms with Crippen molar-refractivity contribution in [2.24, 2.45) is 0 Å². The van der Waals surface area contributed by atoms with Crippen LogP contribution in [0, 0.1) is 6.92 Å². The molecule has 0 saturated carbocycles. The first-order valence-electron chi connectivity index (χ1n) is 12.7. The van der Waals surface area contributed by atoms with Crippen LogP contribution >= 0.6 is 11.8 Å². The fourth-order valence-corrected chi connectivity index (χ4v) is 6.55. The molecule has 0 unspecified atom stereocenters. The van der Waals surface area contributed by atoms with Crippen LogP contribution in [0.2, 0.25) is 0 Å². The number of hydrogen-bond donors (Lipinski definition) is 2. The van der Waals surface area contributed by atoms with Crippen LogP contribution in [0.3, 0.4) is 0 Å². The highest BCUT2D eigenvalue weighted by Gasteiger charge is 2.37. The lowest BCUT2D eigenvalue weighted by molar-refractivity contribution is 0.453. The van der Waals surface area contributed by atoms with E-state index in [4.69, 9.17) is 0 Å². The van der Waals surface area contributed by atoms with E-state index in [9.17, 15) is 10.2 Å². The van der Waals surface area contributed by atoms with Gasteiger partial charge in [0.2, 0.25) is 0 Å².